The topological polar surface area (TPSA) is 61.8 Å². The molecule has 0 aliphatic rings. The fraction of sp³-hybridized carbons (Fsp3) is 0.294. The Morgan fingerprint density at radius 3 is 2.30 bits per heavy atom. The summed E-state index contributed by atoms with van der Waals surface area (Å²) in [6.07, 6.45) is -5.44. The van der Waals surface area contributed by atoms with Gasteiger partial charge in [0.2, 0.25) is 0 Å². The number of hydrogen-bond donors (Lipinski definition) is 0. The number of halogens is 4. The summed E-state index contributed by atoms with van der Waals surface area (Å²) >= 11 is 1.80. The van der Waals surface area contributed by atoms with E-state index >= 15 is 0 Å². The van der Waals surface area contributed by atoms with Crippen molar-refractivity contribution in [3.05, 3.63) is 51.6 Å². The second-order valence-corrected chi connectivity index (χ2v) is 8.40. The van der Waals surface area contributed by atoms with Crippen molar-refractivity contribution >= 4 is 32.7 Å². The summed E-state index contributed by atoms with van der Waals surface area (Å²) in [7, 11) is -3.93. The molecule has 2 aromatic carbocycles. The SMILES string of the molecule is Cc1ccc(S(=O)(=O)OCC(C)Oc2ccc(OC(F)(F)F)cc2I)cc1. The first-order valence-electron chi connectivity index (χ1n) is 7.64. The Morgan fingerprint density at radius 2 is 1.74 bits per heavy atom. The van der Waals surface area contributed by atoms with Crippen LogP contribution in [-0.4, -0.2) is 27.5 Å². The summed E-state index contributed by atoms with van der Waals surface area (Å²) in [6.45, 7) is 3.16. The highest BCUT2D eigenvalue weighted by Gasteiger charge is 2.31. The van der Waals surface area contributed by atoms with E-state index in [4.69, 9.17) is 8.92 Å². The molecule has 0 N–H and O–H groups in total. The summed E-state index contributed by atoms with van der Waals surface area (Å²) in [4.78, 5) is 0.0310. The normalized spacial score (nSPS) is 13.3. The summed E-state index contributed by atoms with van der Waals surface area (Å²) < 4.78 is 75.7. The molecule has 27 heavy (non-hydrogen) atoms. The molecule has 10 heteroatoms. The summed E-state index contributed by atoms with van der Waals surface area (Å²) in [5.74, 6) is -0.0842. The van der Waals surface area contributed by atoms with Crippen molar-refractivity contribution in [2.24, 2.45) is 0 Å². The number of benzene rings is 2. The maximum absolute atomic E-state index is 12.2. The van der Waals surface area contributed by atoms with Crippen molar-refractivity contribution in [1.82, 2.24) is 0 Å². The van der Waals surface area contributed by atoms with Crippen LogP contribution in [0.2, 0.25) is 0 Å². The van der Waals surface area contributed by atoms with Gasteiger partial charge in [-0.3, -0.25) is 4.18 Å². The van der Waals surface area contributed by atoms with Gasteiger partial charge >= 0.3 is 6.36 Å². The van der Waals surface area contributed by atoms with Crippen molar-refractivity contribution in [3.63, 3.8) is 0 Å². The number of aryl methyl sites for hydroxylation is 1. The van der Waals surface area contributed by atoms with Crippen LogP contribution in [-0.2, 0) is 14.3 Å². The van der Waals surface area contributed by atoms with Gasteiger partial charge in [0, 0.05) is 0 Å². The molecule has 5 nitrogen and oxygen atoms in total. The highest BCUT2D eigenvalue weighted by atomic mass is 127. The molecule has 0 heterocycles. The minimum Gasteiger partial charge on any atom is -0.487 e. The van der Waals surface area contributed by atoms with Crippen LogP contribution >= 0.6 is 22.6 Å². The largest absolute Gasteiger partial charge is 0.573 e. The Hall–Kier alpha value is -1.53. The lowest BCUT2D eigenvalue weighted by atomic mass is 10.2. The third kappa shape index (κ3) is 6.85. The Kier molecular flexibility index (Phi) is 6.98. The fourth-order valence-corrected chi connectivity index (χ4v) is 3.57. The van der Waals surface area contributed by atoms with Crippen molar-refractivity contribution in [2.75, 3.05) is 6.61 Å². The van der Waals surface area contributed by atoms with Crippen molar-refractivity contribution < 1.29 is 35.2 Å². The van der Waals surface area contributed by atoms with Gasteiger partial charge in [-0.1, -0.05) is 17.7 Å². The van der Waals surface area contributed by atoms with Crippen molar-refractivity contribution in [1.29, 1.82) is 0 Å². The molecule has 148 valence electrons. The monoisotopic (exact) mass is 516 g/mol. The predicted molar refractivity (Wildman–Crippen MR) is 100 cm³/mol. The Morgan fingerprint density at radius 1 is 1.11 bits per heavy atom. The third-order valence-electron chi connectivity index (χ3n) is 3.23. The number of ether oxygens (including phenoxy) is 2. The average molecular weight is 516 g/mol. The molecular formula is C17H16F3IO5S. The lowest BCUT2D eigenvalue weighted by molar-refractivity contribution is -0.274. The number of rotatable bonds is 7. The summed E-state index contributed by atoms with van der Waals surface area (Å²) in [6, 6.07) is 9.79. The smallest absolute Gasteiger partial charge is 0.487 e. The molecule has 2 rings (SSSR count). The molecular weight excluding hydrogens is 500 g/mol. The van der Waals surface area contributed by atoms with Gasteiger partial charge in [0.15, 0.2) is 0 Å². The third-order valence-corrected chi connectivity index (χ3v) is 5.37. The molecule has 0 aliphatic carbocycles. The Balaban J connectivity index is 1.97. The van der Waals surface area contributed by atoms with E-state index in [1.165, 1.54) is 24.3 Å². The fourth-order valence-electron chi connectivity index (χ4n) is 1.98. The minimum atomic E-state index is -4.78. The van der Waals surface area contributed by atoms with Gasteiger partial charge in [-0.05, 0) is 66.8 Å². The van der Waals surface area contributed by atoms with E-state index in [0.717, 1.165) is 11.6 Å². The van der Waals surface area contributed by atoms with Gasteiger partial charge in [-0.25, -0.2) is 0 Å². The molecule has 1 atom stereocenters. The average Bonchev–Trinajstić information content (AvgIpc) is 2.55. The van der Waals surface area contributed by atoms with Crippen LogP contribution < -0.4 is 9.47 Å². The van der Waals surface area contributed by atoms with E-state index in [-0.39, 0.29) is 23.0 Å². The first kappa shape index (κ1) is 21.8. The second-order valence-electron chi connectivity index (χ2n) is 5.62. The minimum absolute atomic E-state index is 0.0310. The number of alkyl halides is 3. The zero-order valence-corrected chi connectivity index (χ0v) is 17.3. The molecule has 0 aliphatic heterocycles. The number of hydrogen-bond acceptors (Lipinski definition) is 5. The molecule has 0 bridgehead atoms. The predicted octanol–water partition coefficient (Wildman–Crippen LogP) is 4.67. The lowest BCUT2D eigenvalue weighted by Crippen LogP contribution is -2.22. The van der Waals surface area contributed by atoms with Crippen LogP contribution in [0.5, 0.6) is 11.5 Å². The zero-order valence-electron chi connectivity index (χ0n) is 14.3. The molecule has 0 fully saturated rings. The van der Waals surface area contributed by atoms with E-state index in [9.17, 15) is 21.6 Å². The zero-order chi connectivity index (χ0) is 20.2. The molecule has 2 aromatic rings. The second kappa shape index (κ2) is 8.65. The molecule has 0 radical (unpaired) electrons. The Bertz CT molecular complexity index is 882. The standard InChI is InChI=1S/C17H16F3IO5S/c1-11-3-6-14(7-4-11)27(22,23)24-10-12(2)25-16-8-5-13(9-15(16)21)26-17(18,19)20/h3-9,12H,10H2,1-2H3. The van der Waals surface area contributed by atoms with Gasteiger partial charge in [0.05, 0.1) is 8.47 Å². The maximum Gasteiger partial charge on any atom is 0.573 e. The van der Waals surface area contributed by atoms with Crippen LogP contribution in [0, 0.1) is 10.5 Å². The molecule has 0 amide bonds. The maximum atomic E-state index is 12.2. The van der Waals surface area contributed by atoms with Gasteiger partial charge in [-0.15, -0.1) is 13.2 Å². The van der Waals surface area contributed by atoms with E-state index in [1.54, 1.807) is 41.6 Å². The molecule has 0 saturated heterocycles. The molecule has 1 unspecified atom stereocenters. The van der Waals surface area contributed by atoms with Crippen LogP contribution in [0.3, 0.4) is 0 Å². The molecule has 0 spiro atoms. The van der Waals surface area contributed by atoms with Crippen LogP contribution in [0.1, 0.15) is 12.5 Å². The summed E-state index contributed by atoms with van der Waals surface area (Å²) in [5.41, 5.74) is 0.915. The van der Waals surface area contributed by atoms with Gasteiger partial charge in [0.25, 0.3) is 10.1 Å². The summed E-state index contributed by atoms with van der Waals surface area (Å²) in [5, 5.41) is 0. The van der Waals surface area contributed by atoms with E-state index in [0.29, 0.717) is 3.57 Å². The van der Waals surface area contributed by atoms with E-state index < -0.39 is 22.6 Å². The van der Waals surface area contributed by atoms with Gasteiger partial charge < -0.3 is 9.47 Å². The van der Waals surface area contributed by atoms with Crippen molar-refractivity contribution in [3.8, 4) is 11.5 Å². The molecule has 0 saturated carbocycles. The van der Waals surface area contributed by atoms with Gasteiger partial charge in [0.1, 0.15) is 24.2 Å². The van der Waals surface area contributed by atoms with E-state index in [1.807, 2.05) is 6.92 Å². The van der Waals surface area contributed by atoms with Crippen LogP contribution in [0.25, 0.3) is 0 Å². The van der Waals surface area contributed by atoms with Crippen LogP contribution in [0.15, 0.2) is 47.4 Å². The molecule has 0 aromatic heterocycles. The Labute approximate surface area is 168 Å². The highest BCUT2D eigenvalue weighted by molar-refractivity contribution is 14.1. The lowest BCUT2D eigenvalue weighted by Gasteiger charge is -2.17. The first-order chi connectivity index (χ1) is 12.5. The quantitative estimate of drug-likeness (QED) is 0.396. The first-order valence-corrected chi connectivity index (χ1v) is 10.1. The van der Waals surface area contributed by atoms with Crippen LogP contribution in [0.4, 0.5) is 13.2 Å². The van der Waals surface area contributed by atoms with E-state index in [2.05, 4.69) is 4.74 Å². The van der Waals surface area contributed by atoms with Gasteiger partial charge in [-0.2, -0.15) is 8.42 Å². The van der Waals surface area contributed by atoms with Crippen molar-refractivity contribution in [2.45, 2.75) is 31.2 Å². The highest BCUT2D eigenvalue weighted by Crippen LogP contribution is 2.30.